The SMILES string of the molecule is Cc1ccc(C(=O)NC(CC(C)C)C(=O)Nc2nccs2)cn1. The molecule has 1 unspecified atom stereocenters. The molecule has 2 aromatic heterocycles. The van der Waals surface area contributed by atoms with E-state index >= 15 is 0 Å². The second-order valence-corrected chi connectivity index (χ2v) is 6.56. The fraction of sp³-hybridized carbons (Fsp3) is 0.375. The zero-order valence-electron chi connectivity index (χ0n) is 13.4. The van der Waals surface area contributed by atoms with Crippen LogP contribution in [0.3, 0.4) is 0 Å². The van der Waals surface area contributed by atoms with E-state index in [9.17, 15) is 9.59 Å². The van der Waals surface area contributed by atoms with Crippen molar-refractivity contribution in [2.75, 3.05) is 5.32 Å². The molecule has 0 bridgehead atoms. The minimum absolute atomic E-state index is 0.262. The second kappa shape index (κ2) is 7.82. The Morgan fingerprint density at radius 1 is 1.26 bits per heavy atom. The van der Waals surface area contributed by atoms with Crippen LogP contribution in [-0.2, 0) is 4.79 Å². The summed E-state index contributed by atoms with van der Waals surface area (Å²) in [5, 5.41) is 7.82. The highest BCUT2D eigenvalue weighted by molar-refractivity contribution is 7.13. The van der Waals surface area contributed by atoms with E-state index in [1.165, 1.54) is 17.5 Å². The highest BCUT2D eigenvalue weighted by atomic mass is 32.1. The quantitative estimate of drug-likeness (QED) is 0.852. The van der Waals surface area contributed by atoms with Crippen LogP contribution in [0.5, 0.6) is 0 Å². The third kappa shape index (κ3) is 5.14. The summed E-state index contributed by atoms with van der Waals surface area (Å²) in [5.74, 6) is -0.307. The lowest BCUT2D eigenvalue weighted by Gasteiger charge is -2.19. The first-order valence-electron chi connectivity index (χ1n) is 7.39. The first-order chi connectivity index (χ1) is 11.0. The number of amides is 2. The molecule has 122 valence electrons. The minimum atomic E-state index is -0.618. The number of anilines is 1. The van der Waals surface area contributed by atoms with Crippen LogP contribution in [0.25, 0.3) is 0 Å². The van der Waals surface area contributed by atoms with E-state index in [-0.39, 0.29) is 17.7 Å². The smallest absolute Gasteiger partial charge is 0.253 e. The second-order valence-electron chi connectivity index (χ2n) is 5.67. The average molecular weight is 332 g/mol. The fourth-order valence-electron chi connectivity index (χ4n) is 2.02. The van der Waals surface area contributed by atoms with E-state index in [1.54, 1.807) is 23.7 Å². The van der Waals surface area contributed by atoms with Gasteiger partial charge in [0.25, 0.3) is 5.91 Å². The van der Waals surface area contributed by atoms with Crippen molar-refractivity contribution in [2.45, 2.75) is 33.2 Å². The number of thiazole rings is 1. The molecule has 2 aromatic rings. The number of aromatic nitrogens is 2. The third-order valence-electron chi connectivity index (χ3n) is 3.16. The van der Waals surface area contributed by atoms with Crippen LogP contribution in [0.2, 0.25) is 0 Å². The minimum Gasteiger partial charge on any atom is -0.340 e. The van der Waals surface area contributed by atoms with Crippen LogP contribution in [0, 0.1) is 12.8 Å². The molecule has 0 aliphatic heterocycles. The van der Waals surface area contributed by atoms with Gasteiger partial charge in [-0.2, -0.15) is 0 Å². The number of carbonyl (C=O) groups is 2. The topological polar surface area (TPSA) is 84.0 Å². The molecule has 23 heavy (non-hydrogen) atoms. The zero-order valence-corrected chi connectivity index (χ0v) is 14.2. The Morgan fingerprint density at radius 2 is 2.04 bits per heavy atom. The number of hydrogen-bond donors (Lipinski definition) is 2. The molecule has 6 nitrogen and oxygen atoms in total. The van der Waals surface area contributed by atoms with Crippen molar-refractivity contribution < 1.29 is 9.59 Å². The lowest BCUT2D eigenvalue weighted by molar-refractivity contribution is -0.118. The average Bonchev–Trinajstić information content (AvgIpc) is 2.99. The molecule has 0 aromatic carbocycles. The number of rotatable bonds is 6. The molecular weight excluding hydrogens is 312 g/mol. The van der Waals surface area contributed by atoms with Crippen molar-refractivity contribution in [1.29, 1.82) is 0 Å². The number of hydrogen-bond acceptors (Lipinski definition) is 5. The van der Waals surface area contributed by atoms with Gasteiger partial charge in [-0.25, -0.2) is 4.98 Å². The summed E-state index contributed by atoms with van der Waals surface area (Å²) in [6.45, 7) is 5.86. The molecule has 0 saturated heterocycles. The van der Waals surface area contributed by atoms with Gasteiger partial charge in [-0.1, -0.05) is 13.8 Å². The zero-order chi connectivity index (χ0) is 16.8. The predicted octanol–water partition coefficient (Wildman–Crippen LogP) is 2.63. The number of nitrogens with zero attached hydrogens (tertiary/aromatic N) is 2. The lowest BCUT2D eigenvalue weighted by Crippen LogP contribution is -2.44. The Kier molecular flexibility index (Phi) is 5.81. The lowest BCUT2D eigenvalue weighted by atomic mass is 10.0. The molecule has 2 rings (SSSR count). The van der Waals surface area contributed by atoms with Gasteiger partial charge < -0.3 is 10.6 Å². The van der Waals surface area contributed by atoms with Crippen LogP contribution in [0.4, 0.5) is 5.13 Å². The summed E-state index contributed by atoms with van der Waals surface area (Å²) >= 11 is 1.34. The number of pyridine rings is 1. The highest BCUT2D eigenvalue weighted by Gasteiger charge is 2.23. The van der Waals surface area contributed by atoms with Gasteiger partial charge >= 0.3 is 0 Å². The fourth-order valence-corrected chi connectivity index (χ4v) is 2.56. The monoisotopic (exact) mass is 332 g/mol. The molecule has 2 amide bonds. The molecular formula is C16H20N4O2S. The van der Waals surface area contributed by atoms with Gasteiger partial charge in [-0.05, 0) is 31.4 Å². The van der Waals surface area contributed by atoms with Gasteiger partial charge in [0.1, 0.15) is 6.04 Å². The van der Waals surface area contributed by atoms with Crippen LogP contribution in [0.1, 0.15) is 36.3 Å². The molecule has 0 radical (unpaired) electrons. The first kappa shape index (κ1) is 17.1. The van der Waals surface area contributed by atoms with E-state index < -0.39 is 6.04 Å². The van der Waals surface area contributed by atoms with Crippen molar-refractivity contribution in [2.24, 2.45) is 5.92 Å². The van der Waals surface area contributed by atoms with Crippen molar-refractivity contribution in [1.82, 2.24) is 15.3 Å². The van der Waals surface area contributed by atoms with Crippen LogP contribution >= 0.6 is 11.3 Å². The summed E-state index contributed by atoms with van der Waals surface area (Å²) < 4.78 is 0. The van der Waals surface area contributed by atoms with Gasteiger partial charge in [0.15, 0.2) is 5.13 Å². The van der Waals surface area contributed by atoms with Gasteiger partial charge in [0, 0.05) is 23.5 Å². The maximum absolute atomic E-state index is 12.4. The Balaban J connectivity index is 2.06. The van der Waals surface area contributed by atoms with Crippen molar-refractivity contribution in [3.05, 3.63) is 41.2 Å². The van der Waals surface area contributed by atoms with Crippen LogP contribution < -0.4 is 10.6 Å². The van der Waals surface area contributed by atoms with E-state index in [4.69, 9.17) is 0 Å². The number of nitrogens with one attached hydrogen (secondary N) is 2. The Hall–Kier alpha value is -2.28. The molecule has 0 aliphatic rings. The van der Waals surface area contributed by atoms with E-state index in [2.05, 4.69) is 20.6 Å². The molecule has 7 heteroatoms. The number of carbonyl (C=O) groups excluding carboxylic acids is 2. The molecule has 0 fully saturated rings. The van der Waals surface area contributed by atoms with Crippen molar-refractivity contribution in [3.63, 3.8) is 0 Å². The van der Waals surface area contributed by atoms with Crippen molar-refractivity contribution >= 4 is 28.3 Å². The standard InChI is InChI=1S/C16H20N4O2S/c1-10(2)8-13(15(22)20-16-17-6-7-23-16)19-14(21)12-5-4-11(3)18-9-12/h4-7,9-10,13H,8H2,1-3H3,(H,19,21)(H,17,20,22). The molecule has 0 aliphatic carbocycles. The van der Waals surface area contributed by atoms with Crippen LogP contribution in [-0.4, -0.2) is 27.8 Å². The Morgan fingerprint density at radius 3 is 2.61 bits per heavy atom. The number of aryl methyl sites for hydroxylation is 1. The maximum Gasteiger partial charge on any atom is 0.253 e. The van der Waals surface area contributed by atoms with E-state index in [0.717, 1.165) is 5.69 Å². The van der Waals surface area contributed by atoms with E-state index in [1.807, 2.05) is 20.8 Å². The summed E-state index contributed by atoms with van der Waals surface area (Å²) in [4.78, 5) is 32.8. The molecule has 1 atom stereocenters. The van der Waals surface area contributed by atoms with Crippen LogP contribution in [0.15, 0.2) is 29.9 Å². The van der Waals surface area contributed by atoms with Gasteiger partial charge in [-0.15, -0.1) is 11.3 Å². The summed E-state index contributed by atoms with van der Waals surface area (Å²) in [5.41, 5.74) is 1.27. The van der Waals surface area contributed by atoms with Gasteiger partial charge in [0.2, 0.25) is 5.91 Å². The Bertz CT molecular complexity index is 653. The van der Waals surface area contributed by atoms with Crippen molar-refractivity contribution in [3.8, 4) is 0 Å². The predicted molar refractivity (Wildman–Crippen MR) is 90.4 cm³/mol. The third-order valence-corrected chi connectivity index (χ3v) is 3.85. The molecule has 2 heterocycles. The summed E-state index contributed by atoms with van der Waals surface area (Å²) in [6, 6.07) is 2.85. The normalized spacial score (nSPS) is 12.0. The molecule has 2 N–H and O–H groups in total. The van der Waals surface area contributed by atoms with Gasteiger partial charge in [-0.3, -0.25) is 14.6 Å². The van der Waals surface area contributed by atoms with Gasteiger partial charge in [0.05, 0.1) is 5.56 Å². The Labute approximate surface area is 139 Å². The largest absolute Gasteiger partial charge is 0.340 e. The summed E-state index contributed by atoms with van der Waals surface area (Å²) in [7, 11) is 0. The maximum atomic E-state index is 12.4. The first-order valence-corrected chi connectivity index (χ1v) is 8.27. The summed E-state index contributed by atoms with van der Waals surface area (Å²) in [6.07, 6.45) is 3.67. The molecule has 0 saturated carbocycles. The highest BCUT2D eigenvalue weighted by Crippen LogP contribution is 2.13. The van der Waals surface area contributed by atoms with E-state index in [0.29, 0.717) is 17.1 Å². The molecule has 0 spiro atoms.